The van der Waals surface area contributed by atoms with E-state index in [1.54, 1.807) is 32.5 Å². The van der Waals surface area contributed by atoms with E-state index in [-0.39, 0.29) is 17.0 Å². The number of alkyl halides is 2. The van der Waals surface area contributed by atoms with E-state index in [1.807, 2.05) is 0 Å². The molecule has 0 fully saturated rings. The van der Waals surface area contributed by atoms with Gasteiger partial charge in [-0.05, 0) is 24.1 Å². The third-order valence-corrected chi connectivity index (χ3v) is 3.95. The average molecular weight is 361 g/mol. The fourth-order valence-corrected chi connectivity index (χ4v) is 2.64. The Morgan fingerprint density at radius 2 is 2.15 bits per heavy atom. The van der Waals surface area contributed by atoms with Crippen LogP contribution in [0, 0.1) is 11.2 Å². The molecule has 0 spiro atoms. The predicted octanol–water partition coefficient (Wildman–Crippen LogP) is 1.09. The van der Waals surface area contributed by atoms with Gasteiger partial charge in [0, 0.05) is 14.1 Å². The summed E-state index contributed by atoms with van der Waals surface area (Å²) >= 11 is 0. The summed E-state index contributed by atoms with van der Waals surface area (Å²) in [5.74, 6) is -1.40. The Labute approximate surface area is 151 Å². The summed E-state index contributed by atoms with van der Waals surface area (Å²) in [7, 11) is 6.30. The predicted molar refractivity (Wildman–Crippen MR) is 92.4 cm³/mol. The van der Waals surface area contributed by atoms with Crippen molar-refractivity contribution in [3.63, 3.8) is 0 Å². The van der Waals surface area contributed by atoms with Crippen LogP contribution >= 0.6 is 0 Å². The minimum absolute atomic E-state index is 0.176. The van der Waals surface area contributed by atoms with Gasteiger partial charge in [0.25, 0.3) is 0 Å². The number of hydrogen-bond acceptors (Lipinski definition) is 3. The molecular weight excluding hydrogens is 341 g/mol. The number of aryl methyl sites for hydroxylation is 2. The van der Waals surface area contributed by atoms with Crippen molar-refractivity contribution in [3.05, 3.63) is 42.2 Å². The zero-order valence-electron chi connectivity index (χ0n) is 15.1. The molecule has 0 N–H and O–H groups in total. The van der Waals surface area contributed by atoms with Crippen molar-refractivity contribution in [1.29, 1.82) is 5.26 Å². The molecule has 9 heteroatoms. The van der Waals surface area contributed by atoms with Crippen molar-refractivity contribution >= 4 is 18.5 Å². The van der Waals surface area contributed by atoms with Gasteiger partial charge in [-0.15, -0.1) is 0 Å². The Balaban J connectivity index is 2.26. The summed E-state index contributed by atoms with van der Waals surface area (Å²) in [5, 5.41) is 9.36. The quantitative estimate of drug-likeness (QED) is 0.592. The molecular formula is C17H20BF2N4O2. The van der Waals surface area contributed by atoms with Crippen molar-refractivity contribution < 1.29 is 22.9 Å². The summed E-state index contributed by atoms with van der Waals surface area (Å²) in [5.41, 5.74) is 0.490. The lowest BCUT2D eigenvalue weighted by molar-refractivity contribution is -0.653. The zero-order valence-corrected chi connectivity index (χ0v) is 15.1. The van der Waals surface area contributed by atoms with Crippen LogP contribution in [-0.4, -0.2) is 42.2 Å². The van der Waals surface area contributed by atoms with Crippen LogP contribution in [-0.2, 0) is 20.5 Å². The Kier molecular flexibility index (Phi) is 5.65. The first-order valence-electron chi connectivity index (χ1n) is 7.92. The number of nitrogens with zero attached hydrogens (tertiary/aromatic N) is 4. The van der Waals surface area contributed by atoms with Crippen LogP contribution in [0.2, 0.25) is 0 Å². The summed E-state index contributed by atoms with van der Waals surface area (Å²) < 4.78 is 37.8. The van der Waals surface area contributed by atoms with Gasteiger partial charge in [-0.1, -0.05) is 12.1 Å². The van der Waals surface area contributed by atoms with Crippen LogP contribution in [0.25, 0.3) is 0 Å². The second-order valence-corrected chi connectivity index (χ2v) is 6.29. The minimum atomic E-state index is -3.30. The Hall–Kier alpha value is -2.89. The fraction of sp³-hybridized carbons (Fsp3) is 0.353. The number of amides is 1. The first kappa shape index (κ1) is 19.4. The number of halogens is 2. The summed E-state index contributed by atoms with van der Waals surface area (Å²) in [6, 6.07) is 5.95. The number of benzene rings is 1. The maximum atomic E-state index is 14.9. The molecule has 26 heavy (non-hydrogen) atoms. The third-order valence-electron chi connectivity index (χ3n) is 3.95. The molecule has 2 rings (SSSR count). The van der Waals surface area contributed by atoms with Gasteiger partial charge >= 0.3 is 6.09 Å². The van der Waals surface area contributed by atoms with Crippen molar-refractivity contribution in [1.82, 2.24) is 9.47 Å². The summed E-state index contributed by atoms with van der Waals surface area (Å²) in [6.45, 7) is -1.61. The van der Waals surface area contributed by atoms with E-state index in [0.717, 1.165) is 0 Å². The van der Waals surface area contributed by atoms with Gasteiger partial charge in [0.05, 0.1) is 19.8 Å². The molecule has 2 aromatic rings. The van der Waals surface area contributed by atoms with Crippen molar-refractivity contribution in [2.75, 3.05) is 14.1 Å². The highest BCUT2D eigenvalue weighted by atomic mass is 19.3. The standard InChI is InChI=1S/C17H20BF2N4O2/c1-22(2)16(25)26-14-7-5-6-13(10-14)11-17(19,20)18(12-21)15-23(3)8-9-24(15)4/h5-10H,11H2,1-4H3. The molecule has 0 aliphatic rings. The number of ether oxygens (including phenoxy) is 1. The highest BCUT2D eigenvalue weighted by molar-refractivity contribution is 6.80. The van der Waals surface area contributed by atoms with Gasteiger partial charge < -0.3 is 9.64 Å². The van der Waals surface area contributed by atoms with E-state index in [4.69, 9.17) is 4.74 Å². The molecule has 0 atom stereocenters. The first-order chi connectivity index (χ1) is 12.2. The van der Waals surface area contributed by atoms with Crippen LogP contribution in [0.1, 0.15) is 5.56 Å². The van der Waals surface area contributed by atoms with Crippen LogP contribution in [0.3, 0.4) is 0 Å². The molecule has 0 saturated carbocycles. The number of aromatic nitrogens is 2. The maximum Gasteiger partial charge on any atom is 0.414 e. The van der Waals surface area contributed by atoms with E-state index in [2.05, 4.69) is 0 Å². The van der Waals surface area contributed by atoms with Gasteiger partial charge in [-0.25, -0.2) is 4.79 Å². The third kappa shape index (κ3) is 4.20. The summed E-state index contributed by atoms with van der Waals surface area (Å²) in [6.07, 6.45) is 2.00. The van der Waals surface area contributed by atoms with Gasteiger partial charge in [-0.3, -0.25) is 23.2 Å². The lowest BCUT2D eigenvalue weighted by Gasteiger charge is -2.28. The molecule has 0 unspecified atom stereocenters. The van der Waals surface area contributed by atoms with E-state index in [1.165, 1.54) is 52.4 Å². The lowest BCUT2D eigenvalue weighted by atomic mass is 9.44. The van der Waals surface area contributed by atoms with E-state index >= 15 is 0 Å². The van der Waals surface area contributed by atoms with Gasteiger partial charge in [0.15, 0.2) is 0 Å². The van der Waals surface area contributed by atoms with E-state index in [9.17, 15) is 18.8 Å². The van der Waals surface area contributed by atoms with Gasteiger partial charge in [0.2, 0.25) is 6.71 Å². The number of carbonyl (C=O) groups excluding carboxylic acids is 1. The first-order valence-corrected chi connectivity index (χ1v) is 7.92. The molecule has 1 aromatic heterocycles. The second-order valence-electron chi connectivity index (χ2n) is 6.29. The smallest absolute Gasteiger partial charge is 0.410 e. The van der Waals surface area contributed by atoms with Crippen molar-refractivity contribution in [3.8, 4) is 11.7 Å². The van der Waals surface area contributed by atoms with Crippen LogP contribution in [0.4, 0.5) is 13.6 Å². The van der Waals surface area contributed by atoms with E-state index in [0.29, 0.717) is 0 Å². The van der Waals surface area contributed by atoms with E-state index < -0.39 is 25.0 Å². The highest BCUT2D eigenvalue weighted by Gasteiger charge is 2.37. The van der Waals surface area contributed by atoms with Crippen molar-refractivity contribution in [2.24, 2.45) is 14.1 Å². The number of carbonyl (C=O) groups is 1. The molecule has 0 aliphatic carbocycles. The SMILES string of the molecule is CN(C)C(=O)Oc1cccc(CC(F)(F)[B-](C#N)c2n(C)cc[n+]2C)c1. The largest absolute Gasteiger partial charge is 0.414 e. The maximum absolute atomic E-state index is 14.9. The number of rotatable bonds is 5. The number of imidazole rings is 1. The Morgan fingerprint density at radius 3 is 2.69 bits per heavy atom. The molecule has 1 radical (unpaired) electrons. The van der Waals surface area contributed by atoms with Crippen LogP contribution < -0.4 is 15.0 Å². The molecule has 0 bridgehead atoms. The van der Waals surface area contributed by atoms with Crippen molar-refractivity contribution in [2.45, 2.75) is 12.2 Å². The highest BCUT2D eigenvalue weighted by Crippen LogP contribution is 2.25. The molecule has 137 valence electrons. The zero-order chi connectivity index (χ0) is 19.5. The molecule has 1 amide bonds. The van der Waals surface area contributed by atoms with Gasteiger partial charge in [0.1, 0.15) is 24.0 Å². The number of nitriles is 1. The molecule has 1 heterocycles. The Bertz CT molecular complexity index is 826. The fourth-order valence-electron chi connectivity index (χ4n) is 2.64. The summed E-state index contributed by atoms with van der Waals surface area (Å²) in [4.78, 5) is 12.8. The monoisotopic (exact) mass is 361 g/mol. The topological polar surface area (TPSA) is 62.1 Å². The lowest BCUT2D eigenvalue weighted by Crippen LogP contribution is -2.62. The average Bonchev–Trinajstić information content (AvgIpc) is 2.87. The second kappa shape index (κ2) is 7.56. The normalized spacial score (nSPS) is 11.3. The van der Waals surface area contributed by atoms with Crippen LogP contribution in [0.5, 0.6) is 5.75 Å². The molecule has 1 aromatic carbocycles. The van der Waals surface area contributed by atoms with Crippen LogP contribution in [0.15, 0.2) is 36.7 Å². The van der Waals surface area contributed by atoms with Gasteiger partial charge in [-0.2, -0.15) is 5.97 Å². The molecule has 6 nitrogen and oxygen atoms in total. The molecule has 0 aliphatic heterocycles. The molecule has 0 saturated heterocycles. The number of hydrogen-bond donors (Lipinski definition) is 0. The Morgan fingerprint density at radius 1 is 1.46 bits per heavy atom. The minimum Gasteiger partial charge on any atom is -0.410 e.